The molecule has 1 aromatic heterocycles. The van der Waals surface area contributed by atoms with Crippen LogP contribution in [-0.4, -0.2) is 50.3 Å². The molecule has 0 N–H and O–H groups in total. The molecule has 1 heterocycles. The van der Waals surface area contributed by atoms with Gasteiger partial charge in [-0.05, 0) is 26.2 Å². The fourth-order valence-electron chi connectivity index (χ4n) is 2.24. The number of rotatable bonds is 6. The fraction of sp³-hybridized carbons (Fsp3) is 0.375. The van der Waals surface area contributed by atoms with Crippen molar-refractivity contribution in [3.8, 4) is 28.5 Å². The quantitative estimate of drug-likeness (QED) is 0.815. The number of ether oxygens (including phenoxy) is 3. The van der Waals surface area contributed by atoms with Crippen LogP contribution in [0.25, 0.3) is 11.3 Å². The van der Waals surface area contributed by atoms with Gasteiger partial charge in [0, 0.05) is 18.3 Å². The number of nitrogens with zero attached hydrogens (tertiary/aromatic N) is 3. The van der Waals surface area contributed by atoms with Crippen LogP contribution in [0.3, 0.4) is 0 Å². The van der Waals surface area contributed by atoms with Gasteiger partial charge in [0.15, 0.2) is 11.5 Å². The third-order valence-corrected chi connectivity index (χ3v) is 3.14. The minimum absolute atomic E-state index is 0.544. The SMILES string of the molecule is COc1ccc(-c2cncc(CN(C)C)n2)c(OC)c1OC. The van der Waals surface area contributed by atoms with Gasteiger partial charge in [-0.25, -0.2) is 4.98 Å². The number of hydrogen-bond acceptors (Lipinski definition) is 6. The van der Waals surface area contributed by atoms with Crippen molar-refractivity contribution in [2.45, 2.75) is 6.54 Å². The lowest BCUT2D eigenvalue weighted by atomic mass is 10.1. The zero-order valence-corrected chi connectivity index (χ0v) is 13.6. The molecular weight excluding hydrogens is 282 g/mol. The van der Waals surface area contributed by atoms with Gasteiger partial charge in [0.1, 0.15) is 0 Å². The molecule has 6 heteroatoms. The lowest BCUT2D eigenvalue weighted by Gasteiger charge is -2.16. The van der Waals surface area contributed by atoms with Gasteiger partial charge in [-0.1, -0.05) is 0 Å². The van der Waals surface area contributed by atoms with Gasteiger partial charge in [0.25, 0.3) is 0 Å². The van der Waals surface area contributed by atoms with Crippen molar-refractivity contribution in [3.63, 3.8) is 0 Å². The Labute approximate surface area is 130 Å². The second-order valence-corrected chi connectivity index (χ2v) is 5.02. The molecule has 0 spiro atoms. The summed E-state index contributed by atoms with van der Waals surface area (Å²) >= 11 is 0. The normalized spacial score (nSPS) is 10.6. The van der Waals surface area contributed by atoms with Crippen LogP contribution >= 0.6 is 0 Å². The second-order valence-electron chi connectivity index (χ2n) is 5.02. The number of methoxy groups -OCH3 is 3. The topological polar surface area (TPSA) is 56.7 Å². The van der Waals surface area contributed by atoms with Gasteiger partial charge in [-0.2, -0.15) is 0 Å². The molecule has 0 saturated carbocycles. The molecule has 22 heavy (non-hydrogen) atoms. The van der Waals surface area contributed by atoms with Gasteiger partial charge in [0.2, 0.25) is 5.75 Å². The van der Waals surface area contributed by atoms with Crippen molar-refractivity contribution < 1.29 is 14.2 Å². The summed E-state index contributed by atoms with van der Waals surface area (Å²) in [7, 11) is 8.75. The molecule has 0 bridgehead atoms. The van der Waals surface area contributed by atoms with Crippen LogP contribution in [-0.2, 0) is 6.54 Å². The molecule has 1 aromatic carbocycles. The van der Waals surface area contributed by atoms with E-state index in [1.807, 2.05) is 31.1 Å². The smallest absolute Gasteiger partial charge is 0.203 e. The highest BCUT2D eigenvalue weighted by molar-refractivity contribution is 5.73. The minimum atomic E-state index is 0.544. The Morgan fingerprint density at radius 2 is 1.68 bits per heavy atom. The van der Waals surface area contributed by atoms with Gasteiger partial charge < -0.3 is 19.1 Å². The zero-order valence-electron chi connectivity index (χ0n) is 13.6. The molecule has 0 amide bonds. The molecule has 0 saturated heterocycles. The van der Waals surface area contributed by atoms with Crippen molar-refractivity contribution in [2.24, 2.45) is 0 Å². The van der Waals surface area contributed by atoms with E-state index in [9.17, 15) is 0 Å². The molecule has 0 fully saturated rings. The highest BCUT2D eigenvalue weighted by atomic mass is 16.5. The zero-order chi connectivity index (χ0) is 16.1. The molecular formula is C16H21N3O3. The van der Waals surface area contributed by atoms with Crippen LogP contribution in [0.2, 0.25) is 0 Å². The Balaban J connectivity index is 2.52. The van der Waals surface area contributed by atoms with E-state index < -0.39 is 0 Å². The van der Waals surface area contributed by atoms with E-state index in [0.29, 0.717) is 17.2 Å². The molecule has 0 aliphatic heterocycles. The predicted molar refractivity (Wildman–Crippen MR) is 84.5 cm³/mol. The van der Waals surface area contributed by atoms with E-state index in [2.05, 4.69) is 9.97 Å². The van der Waals surface area contributed by atoms with E-state index in [1.165, 1.54) is 0 Å². The van der Waals surface area contributed by atoms with Crippen molar-refractivity contribution in [3.05, 3.63) is 30.2 Å². The number of hydrogen-bond donors (Lipinski definition) is 0. The maximum atomic E-state index is 5.50. The third kappa shape index (κ3) is 3.28. The van der Waals surface area contributed by atoms with Crippen molar-refractivity contribution in [1.82, 2.24) is 14.9 Å². The van der Waals surface area contributed by atoms with Crippen molar-refractivity contribution in [2.75, 3.05) is 35.4 Å². The minimum Gasteiger partial charge on any atom is -0.493 e. The molecule has 0 radical (unpaired) electrons. The maximum Gasteiger partial charge on any atom is 0.203 e. The van der Waals surface area contributed by atoms with E-state index in [1.54, 1.807) is 33.7 Å². The van der Waals surface area contributed by atoms with E-state index >= 15 is 0 Å². The van der Waals surface area contributed by atoms with Crippen LogP contribution in [0.15, 0.2) is 24.5 Å². The highest BCUT2D eigenvalue weighted by Gasteiger charge is 2.18. The van der Waals surface area contributed by atoms with E-state index in [0.717, 1.165) is 23.5 Å². The third-order valence-electron chi connectivity index (χ3n) is 3.14. The Morgan fingerprint density at radius 1 is 0.955 bits per heavy atom. The van der Waals surface area contributed by atoms with Crippen LogP contribution < -0.4 is 14.2 Å². The molecule has 0 atom stereocenters. The number of aromatic nitrogens is 2. The van der Waals surface area contributed by atoms with Crippen LogP contribution in [0, 0.1) is 0 Å². The van der Waals surface area contributed by atoms with Gasteiger partial charge >= 0.3 is 0 Å². The Morgan fingerprint density at radius 3 is 2.27 bits per heavy atom. The molecule has 2 aromatic rings. The highest BCUT2D eigenvalue weighted by Crippen LogP contribution is 2.43. The Bertz CT molecular complexity index is 645. The first-order valence-corrected chi connectivity index (χ1v) is 6.85. The molecule has 0 aliphatic carbocycles. The maximum absolute atomic E-state index is 5.50. The summed E-state index contributed by atoms with van der Waals surface area (Å²) in [5, 5.41) is 0. The fourth-order valence-corrected chi connectivity index (χ4v) is 2.24. The summed E-state index contributed by atoms with van der Waals surface area (Å²) in [5.41, 5.74) is 2.43. The van der Waals surface area contributed by atoms with Crippen molar-refractivity contribution >= 4 is 0 Å². The van der Waals surface area contributed by atoms with E-state index in [-0.39, 0.29) is 0 Å². The van der Waals surface area contributed by atoms with Gasteiger partial charge in [0.05, 0.1) is 38.9 Å². The molecule has 0 aliphatic rings. The summed E-state index contributed by atoms with van der Waals surface area (Å²) in [5.74, 6) is 1.74. The first-order chi connectivity index (χ1) is 10.6. The molecule has 2 rings (SSSR count). The Hall–Kier alpha value is -2.34. The monoisotopic (exact) mass is 303 g/mol. The summed E-state index contributed by atoms with van der Waals surface area (Å²) in [6.07, 6.45) is 3.47. The summed E-state index contributed by atoms with van der Waals surface area (Å²) in [6.45, 7) is 0.719. The number of benzene rings is 1. The van der Waals surface area contributed by atoms with Crippen LogP contribution in [0.4, 0.5) is 0 Å². The second kappa shape index (κ2) is 7.09. The van der Waals surface area contributed by atoms with Gasteiger partial charge in [-0.15, -0.1) is 0 Å². The van der Waals surface area contributed by atoms with Gasteiger partial charge in [-0.3, -0.25) is 4.98 Å². The summed E-state index contributed by atoms with van der Waals surface area (Å²) < 4.78 is 16.2. The lowest BCUT2D eigenvalue weighted by molar-refractivity contribution is 0.325. The van der Waals surface area contributed by atoms with E-state index in [4.69, 9.17) is 14.2 Å². The lowest BCUT2D eigenvalue weighted by Crippen LogP contribution is -2.12. The average molecular weight is 303 g/mol. The van der Waals surface area contributed by atoms with Crippen molar-refractivity contribution in [1.29, 1.82) is 0 Å². The Kier molecular flexibility index (Phi) is 5.16. The average Bonchev–Trinajstić information content (AvgIpc) is 2.52. The first-order valence-electron chi connectivity index (χ1n) is 6.85. The summed E-state index contributed by atoms with van der Waals surface area (Å²) in [6, 6.07) is 3.72. The van der Waals surface area contributed by atoms with Crippen LogP contribution in [0.5, 0.6) is 17.2 Å². The predicted octanol–water partition coefficient (Wildman–Crippen LogP) is 2.23. The van der Waals surface area contributed by atoms with Crippen LogP contribution in [0.1, 0.15) is 5.69 Å². The molecule has 0 unspecified atom stereocenters. The first kappa shape index (κ1) is 16.0. The largest absolute Gasteiger partial charge is 0.493 e. The molecule has 118 valence electrons. The molecule has 6 nitrogen and oxygen atoms in total. The standard InChI is InChI=1S/C16H21N3O3/c1-19(2)10-11-8-17-9-13(18-11)12-6-7-14(20-3)16(22-5)15(12)21-4/h6-9H,10H2,1-5H3. The summed E-state index contributed by atoms with van der Waals surface area (Å²) in [4.78, 5) is 11.0.